The lowest BCUT2D eigenvalue weighted by atomic mass is 10.1. The van der Waals surface area contributed by atoms with Crippen molar-refractivity contribution in [3.05, 3.63) is 108 Å². The summed E-state index contributed by atoms with van der Waals surface area (Å²) in [4.78, 5) is 18.6. The van der Waals surface area contributed by atoms with Crippen LogP contribution in [0.25, 0.3) is 5.70 Å². The summed E-state index contributed by atoms with van der Waals surface area (Å²) in [7, 11) is 0. The van der Waals surface area contributed by atoms with E-state index in [4.69, 9.17) is 17.0 Å². The van der Waals surface area contributed by atoms with Gasteiger partial charge in [0.1, 0.15) is 17.4 Å². The smallest absolute Gasteiger partial charge is 0.415 e. The number of nitrogens with zero attached hydrogens (tertiary/aromatic N) is 2. The van der Waals surface area contributed by atoms with Gasteiger partial charge >= 0.3 is 6.09 Å². The largest absolute Gasteiger partial charge is 0.447 e. The maximum absolute atomic E-state index is 13.5. The molecule has 0 aliphatic carbocycles. The van der Waals surface area contributed by atoms with E-state index < -0.39 is 6.09 Å². The molecule has 4 rings (SSSR count). The quantitative estimate of drug-likeness (QED) is 0.489. The van der Waals surface area contributed by atoms with Gasteiger partial charge in [-0.05, 0) is 29.8 Å². The van der Waals surface area contributed by atoms with Crippen LogP contribution >= 0.6 is 12.2 Å². The summed E-state index contributed by atoms with van der Waals surface area (Å²) < 4.78 is 18.9. The first kappa shape index (κ1) is 19.7. The van der Waals surface area contributed by atoms with E-state index in [1.807, 2.05) is 36.4 Å². The molecule has 1 aliphatic rings. The summed E-state index contributed by atoms with van der Waals surface area (Å²) in [6.07, 6.45) is 5.79. The molecule has 0 saturated carbocycles. The Morgan fingerprint density at radius 1 is 1.13 bits per heavy atom. The highest BCUT2D eigenvalue weighted by atomic mass is 32.1. The van der Waals surface area contributed by atoms with E-state index in [0.29, 0.717) is 16.8 Å². The minimum atomic E-state index is -0.492. The Balaban J connectivity index is 1.70. The molecule has 1 aliphatic heterocycles. The lowest BCUT2D eigenvalue weighted by Gasteiger charge is -2.24. The van der Waals surface area contributed by atoms with Crippen LogP contribution in [-0.4, -0.2) is 27.6 Å². The fraction of sp³-hybridized carbons (Fsp3) is 0.0870. The summed E-state index contributed by atoms with van der Waals surface area (Å²) in [5.41, 5.74) is 2.52. The van der Waals surface area contributed by atoms with Gasteiger partial charge in [-0.1, -0.05) is 54.7 Å². The van der Waals surface area contributed by atoms with E-state index in [0.717, 1.165) is 5.56 Å². The zero-order valence-corrected chi connectivity index (χ0v) is 16.6. The molecule has 1 saturated heterocycles. The number of benzene rings is 2. The summed E-state index contributed by atoms with van der Waals surface area (Å²) in [6.45, 7) is 0.211. The summed E-state index contributed by atoms with van der Waals surface area (Å²) in [5, 5.41) is 2.89. The molecule has 30 heavy (non-hydrogen) atoms. The molecule has 1 radical (unpaired) electrons. The standard InChI is InChI=1S/C23H17FN3O2S/c24-19-10-4-8-17(12-19)22(30)26-14-20(18-9-5-11-25-13-18)27-21(15-29-23(27)28)16-6-2-1-3-7-16/h1-13,21H,15H2,(H,26,30)/t21-/m0/s1. The van der Waals surface area contributed by atoms with Gasteiger partial charge in [-0.15, -0.1) is 0 Å². The number of carbonyl (C=O) groups excluding carboxylic acids is 1. The molecular formula is C23H17FN3O2S. The van der Waals surface area contributed by atoms with Crippen molar-refractivity contribution in [2.75, 3.05) is 6.61 Å². The fourth-order valence-electron chi connectivity index (χ4n) is 3.18. The Kier molecular flexibility index (Phi) is 5.81. The number of ether oxygens (including phenoxy) is 1. The molecule has 2 aromatic carbocycles. The minimum Gasteiger partial charge on any atom is -0.447 e. The van der Waals surface area contributed by atoms with E-state index >= 15 is 0 Å². The van der Waals surface area contributed by atoms with Crippen LogP contribution in [0.15, 0.2) is 79.1 Å². The number of hydrogen-bond acceptors (Lipinski definition) is 4. The van der Waals surface area contributed by atoms with Crippen LogP contribution < -0.4 is 5.32 Å². The Labute approximate surface area is 178 Å². The second-order valence-electron chi connectivity index (χ2n) is 6.55. The number of pyridine rings is 1. The number of aromatic nitrogens is 1. The number of cyclic esters (lactones) is 1. The molecule has 1 N–H and O–H groups in total. The molecular weight excluding hydrogens is 401 g/mol. The average Bonchev–Trinajstić information content (AvgIpc) is 3.16. The normalized spacial score (nSPS) is 16.3. The van der Waals surface area contributed by atoms with Gasteiger partial charge in [0.05, 0.1) is 17.9 Å². The predicted octanol–water partition coefficient (Wildman–Crippen LogP) is 4.48. The monoisotopic (exact) mass is 418 g/mol. The van der Waals surface area contributed by atoms with Crippen LogP contribution in [0.4, 0.5) is 9.18 Å². The lowest BCUT2D eigenvalue weighted by molar-refractivity contribution is 0.167. The van der Waals surface area contributed by atoms with E-state index in [9.17, 15) is 9.18 Å². The number of rotatable bonds is 5. The number of hydrogen-bond donors (Lipinski definition) is 1. The fourth-order valence-corrected chi connectivity index (χ4v) is 3.36. The summed E-state index contributed by atoms with van der Waals surface area (Å²) in [5.74, 6) is -0.389. The van der Waals surface area contributed by atoms with Crippen molar-refractivity contribution < 1.29 is 13.9 Å². The molecule has 0 unspecified atom stereocenters. The molecule has 1 aromatic heterocycles. The number of nitrogens with one attached hydrogen (secondary N) is 1. The van der Waals surface area contributed by atoms with Crippen molar-refractivity contribution in [1.29, 1.82) is 0 Å². The van der Waals surface area contributed by atoms with Crippen LogP contribution in [0.1, 0.15) is 22.7 Å². The van der Waals surface area contributed by atoms with Crippen molar-refractivity contribution in [3.63, 3.8) is 0 Å². The molecule has 2 heterocycles. The molecule has 1 fully saturated rings. The third kappa shape index (κ3) is 4.21. The van der Waals surface area contributed by atoms with E-state index in [2.05, 4.69) is 16.5 Å². The Morgan fingerprint density at radius 2 is 1.93 bits per heavy atom. The van der Waals surface area contributed by atoms with Crippen molar-refractivity contribution in [1.82, 2.24) is 15.2 Å². The van der Waals surface area contributed by atoms with Gasteiger partial charge in [0.25, 0.3) is 0 Å². The predicted molar refractivity (Wildman–Crippen MR) is 114 cm³/mol. The van der Waals surface area contributed by atoms with Gasteiger partial charge in [-0.3, -0.25) is 9.88 Å². The highest BCUT2D eigenvalue weighted by molar-refractivity contribution is 7.80. The van der Waals surface area contributed by atoms with Gasteiger partial charge < -0.3 is 10.1 Å². The van der Waals surface area contributed by atoms with Crippen molar-refractivity contribution in [2.24, 2.45) is 0 Å². The SMILES string of the molecule is O=C1OC[C@@H](c2ccccc2)N1C(=[C]NC(=S)c1cccc(F)c1)c1cccnc1. The summed E-state index contributed by atoms with van der Waals surface area (Å²) in [6, 6.07) is 18.8. The second-order valence-corrected chi connectivity index (χ2v) is 6.96. The highest BCUT2D eigenvalue weighted by Crippen LogP contribution is 2.34. The summed E-state index contributed by atoms with van der Waals surface area (Å²) >= 11 is 5.37. The molecule has 149 valence electrons. The lowest BCUT2D eigenvalue weighted by Crippen LogP contribution is -2.29. The van der Waals surface area contributed by atoms with Crippen molar-refractivity contribution in [2.45, 2.75) is 6.04 Å². The molecule has 7 heteroatoms. The number of halogens is 1. The number of carbonyl (C=O) groups is 1. The van der Waals surface area contributed by atoms with Crippen LogP contribution in [0, 0.1) is 12.0 Å². The maximum atomic E-state index is 13.5. The van der Waals surface area contributed by atoms with E-state index in [1.54, 1.807) is 30.6 Å². The molecule has 3 aromatic rings. The van der Waals surface area contributed by atoms with Crippen LogP contribution in [-0.2, 0) is 4.74 Å². The molecule has 0 bridgehead atoms. The maximum Gasteiger partial charge on any atom is 0.415 e. The van der Waals surface area contributed by atoms with Gasteiger partial charge in [0, 0.05) is 23.5 Å². The van der Waals surface area contributed by atoms with Gasteiger partial charge in [-0.2, -0.15) is 0 Å². The molecule has 5 nitrogen and oxygen atoms in total. The Morgan fingerprint density at radius 3 is 2.67 bits per heavy atom. The Bertz CT molecular complexity index is 1090. The Hall–Kier alpha value is -3.58. The molecule has 0 spiro atoms. The molecule has 1 amide bonds. The van der Waals surface area contributed by atoms with Gasteiger partial charge in [-0.25, -0.2) is 9.18 Å². The van der Waals surface area contributed by atoms with Crippen LogP contribution in [0.5, 0.6) is 0 Å². The number of thiocarbonyl (C=S) groups is 1. The first-order valence-electron chi connectivity index (χ1n) is 9.23. The van der Waals surface area contributed by atoms with Gasteiger partial charge in [0.2, 0.25) is 0 Å². The first-order valence-corrected chi connectivity index (χ1v) is 9.64. The third-order valence-electron chi connectivity index (χ3n) is 4.61. The van der Waals surface area contributed by atoms with Crippen molar-refractivity contribution >= 4 is 29.0 Å². The van der Waals surface area contributed by atoms with Crippen LogP contribution in [0.3, 0.4) is 0 Å². The van der Waals surface area contributed by atoms with Crippen LogP contribution in [0.2, 0.25) is 0 Å². The zero-order chi connectivity index (χ0) is 20.9. The van der Waals surface area contributed by atoms with Crippen molar-refractivity contribution in [3.8, 4) is 0 Å². The van der Waals surface area contributed by atoms with Gasteiger partial charge in [0.15, 0.2) is 0 Å². The topological polar surface area (TPSA) is 54.5 Å². The average molecular weight is 418 g/mol. The number of amides is 1. The zero-order valence-electron chi connectivity index (χ0n) is 15.8. The first-order chi connectivity index (χ1) is 14.6. The second kappa shape index (κ2) is 8.84. The van der Waals surface area contributed by atoms with E-state index in [1.165, 1.54) is 17.0 Å². The highest BCUT2D eigenvalue weighted by Gasteiger charge is 2.37. The molecule has 1 atom stereocenters. The third-order valence-corrected chi connectivity index (χ3v) is 4.95. The van der Waals surface area contributed by atoms with E-state index in [-0.39, 0.29) is 23.5 Å². The minimum absolute atomic E-state index is 0.211.